The van der Waals surface area contributed by atoms with E-state index in [4.69, 9.17) is 0 Å². The summed E-state index contributed by atoms with van der Waals surface area (Å²) in [6.07, 6.45) is 1.32. The van der Waals surface area contributed by atoms with Gasteiger partial charge in [0, 0.05) is 45.3 Å². The van der Waals surface area contributed by atoms with Crippen LogP contribution in [0, 0.1) is 5.41 Å². The molecule has 0 saturated carbocycles. The lowest BCUT2D eigenvalue weighted by atomic mass is 9.92. The van der Waals surface area contributed by atoms with Crippen molar-refractivity contribution < 1.29 is 0 Å². The molecule has 0 amide bonds. The lowest BCUT2D eigenvalue weighted by Gasteiger charge is -2.43. The van der Waals surface area contributed by atoms with Gasteiger partial charge in [0.25, 0.3) is 0 Å². The molecule has 94 valence electrons. The van der Waals surface area contributed by atoms with Crippen LogP contribution in [0.25, 0.3) is 0 Å². The van der Waals surface area contributed by atoms with Crippen molar-refractivity contribution in [3.63, 3.8) is 0 Å². The van der Waals surface area contributed by atoms with E-state index >= 15 is 0 Å². The van der Waals surface area contributed by atoms with Crippen LogP contribution in [0.4, 0.5) is 0 Å². The number of hydrogen-bond donors (Lipinski definition) is 1. The first-order valence-electron chi connectivity index (χ1n) is 6.72. The van der Waals surface area contributed by atoms with Crippen molar-refractivity contribution in [2.45, 2.75) is 33.2 Å². The van der Waals surface area contributed by atoms with Gasteiger partial charge in [0.1, 0.15) is 0 Å². The predicted octanol–water partition coefficient (Wildman–Crippen LogP) is 1.01. The summed E-state index contributed by atoms with van der Waals surface area (Å²) in [5.74, 6) is 0. The van der Waals surface area contributed by atoms with Gasteiger partial charge >= 0.3 is 0 Å². The first-order chi connectivity index (χ1) is 7.54. The van der Waals surface area contributed by atoms with Gasteiger partial charge in [0.05, 0.1) is 0 Å². The molecule has 3 heteroatoms. The average molecular weight is 225 g/mol. The van der Waals surface area contributed by atoms with E-state index in [1.54, 1.807) is 0 Å². The Hall–Kier alpha value is -0.120. The Morgan fingerprint density at radius 3 is 2.12 bits per heavy atom. The van der Waals surface area contributed by atoms with Crippen LogP contribution in [0.3, 0.4) is 0 Å². The molecule has 0 radical (unpaired) electrons. The van der Waals surface area contributed by atoms with Crippen LogP contribution in [-0.2, 0) is 0 Å². The molecule has 0 spiro atoms. The zero-order valence-electron chi connectivity index (χ0n) is 11.1. The van der Waals surface area contributed by atoms with Gasteiger partial charge in [0.2, 0.25) is 0 Å². The molecule has 0 atom stereocenters. The van der Waals surface area contributed by atoms with Crippen LogP contribution in [-0.4, -0.2) is 61.7 Å². The monoisotopic (exact) mass is 225 g/mol. The molecule has 0 aromatic carbocycles. The van der Waals surface area contributed by atoms with Crippen molar-refractivity contribution in [1.82, 2.24) is 15.1 Å². The Kier molecular flexibility index (Phi) is 3.88. The lowest BCUT2D eigenvalue weighted by molar-refractivity contribution is 0.0679. The Bertz CT molecular complexity index is 210. The molecule has 0 aliphatic carbocycles. The SMILES string of the molecule is CC(C)(C)CCN1CCN(C2CNC2)CC1. The maximum absolute atomic E-state index is 3.36. The van der Waals surface area contributed by atoms with E-state index in [-0.39, 0.29) is 0 Å². The summed E-state index contributed by atoms with van der Waals surface area (Å²) < 4.78 is 0. The zero-order valence-corrected chi connectivity index (χ0v) is 11.1. The Morgan fingerprint density at radius 2 is 1.69 bits per heavy atom. The third-order valence-electron chi connectivity index (χ3n) is 3.86. The molecule has 2 saturated heterocycles. The molecule has 0 aromatic heterocycles. The quantitative estimate of drug-likeness (QED) is 0.773. The molecule has 16 heavy (non-hydrogen) atoms. The molecule has 2 fully saturated rings. The van der Waals surface area contributed by atoms with Crippen molar-refractivity contribution in [2.75, 3.05) is 45.8 Å². The van der Waals surface area contributed by atoms with Crippen LogP contribution in [0.1, 0.15) is 27.2 Å². The molecule has 1 N–H and O–H groups in total. The van der Waals surface area contributed by atoms with Crippen LogP contribution < -0.4 is 5.32 Å². The molecule has 2 aliphatic heterocycles. The van der Waals surface area contributed by atoms with Crippen LogP contribution in [0.15, 0.2) is 0 Å². The standard InChI is InChI=1S/C13H27N3/c1-13(2,3)4-5-15-6-8-16(9-7-15)12-10-14-11-12/h12,14H,4-11H2,1-3H3. The van der Waals surface area contributed by atoms with Gasteiger partial charge in [-0.05, 0) is 18.4 Å². The largest absolute Gasteiger partial charge is 0.314 e. The second-order valence-electron chi connectivity index (χ2n) is 6.50. The highest BCUT2D eigenvalue weighted by Crippen LogP contribution is 2.19. The minimum Gasteiger partial charge on any atom is -0.314 e. The molecule has 2 aliphatic rings. The van der Waals surface area contributed by atoms with Gasteiger partial charge in [-0.2, -0.15) is 0 Å². The summed E-state index contributed by atoms with van der Waals surface area (Å²) in [5.41, 5.74) is 0.481. The van der Waals surface area contributed by atoms with E-state index in [1.165, 1.54) is 52.2 Å². The summed E-state index contributed by atoms with van der Waals surface area (Å²) in [6, 6.07) is 0.838. The molecular weight excluding hydrogens is 198 g/mol. The molecule has 0 bridgehead atoms. The van der Waals surface area contributed by atoms with Crippen LogP contribution in [0.2, 0.25) is 0 Å². The first-order valence-corrected chi connectivity index (χ1v) is 6.72. The number of nitrogens with one attached hydrogen (secondary N) is 1. The second kappa shape index (κ2) is 5.03. The zero-order chi connectivity index (χ0) is 11.6. The fourth-order valence-electron chi connectivity index (χ4n) is 2.38. The van der Waals surface area contributed by atoms with Crippen molar-refractivity contribution in [3.05, 3.63) is 0 Å². The highest BCUT2D eigenvalue weighted by atomic mass is 15.3. The third-order valence-corrected chi connectivity index (χ3v) is 3.86. The molecule has 2 rings (SSSR count). The number of piperazine rings is 1. The lowest BCUT2D eigenvalue weighted by Crippen LogP contribution is -2.61. The van der Waals surface area contributed by atoms with E-state index in [2.05, 4.69) is 35.9 Å². The third kappa shape index (κ3) is 3.44. The van der Waals surface area contributed by atoms with E-state index in [0.717, 1.165) is 6.04 Å². The molecule has 0 aromatic rings. The highest BCUT2D eigenvalue weighted by Gasteiger charge is 2.27. The number of hydrogen-bond acceptors (Lipinski definition) is 3. The minimum atomic E-state index is 0.481. The molecular formula is C13H27N3. The van der Waals surface area contributed by atoms with E-state index in [9.17, 15) is 0 Å². The van der Waals surface area contributed by atoms with Crippen molar-refractivity contribution in [3.8, 4) is 0 Å². The fraction of sp³-hybridized carbons (Fsp3) is 1.00. The van der Waals surface area contributed by atoms with Crippen molar-refractivity contribution >= 4 is 0 Å². The van der Waals surface area contributed by atoms with Gasteiger partial charge in [-0.3, -0.25) is 4.90 Å². The average Bonchev–Trinajstić information content (AvgIpc) is 2.13. The highest BCUT2D eigenvalue weighted by molar-refractivity contribution is 4.87. The number of rotatable bonds is 3. The van der Waals surface area contributed by atoms with Crippen molar-refractivity contribution in [1.29, 1.82) is 0 Å². The second-order valence-corrected chi connectivity index (χ2v) is 6.50. The van der Waals surface area contributed by atoms with Gasteiger partial charge in [-0.25, -0.2) is 0 Å². The summed E-state index contributed by atoms with van der Waals surface area (Å²) >= 11 is 0. The normalized spacial score (nSPS) is 25.7. The molecule has 3 nitrogen and oxygen atoms in total. The summed E-state index contributed by atoms with van der Waals surface area (Å²) in [4.78, 5) is 5.29. The minimum absolute atomic E-state index is 0.481. The molecule has 0 unspecified atom stereocenters. The van der Waals surface area contributed by atoms with E-state index < -0.39 is 0 Å². The Labute approximate surface area is 100 Å². The summed E-state index contributed by atoms with van der Waals surface area (Å²) in [6.45, 7) is 15.8. The smallest absolute Gasteiger partial charge is 0.0346 e. The van der Waals surface area contributed by atoms with E-state index in [0.29, 0.717) is 5.41 Å². The Morgan fingerprint density at radius 1 is 1.06 bits per heavy atom. The predicted molar refractivity (Wildman–Crippen MR) is 68.7 cm³/mol. The van der Waals surface area contributed by atoms with Gasteiger partial charge in [-0.15, -0.1) is 0 Å². The number of nitrogens with zero attached hydrogens (tertiary/aromatic N) is 2. The first kappa shape index (κ1) is 12.3. The maximum Gasteiger partial charge on any atom is 0.0346 e. The molecule has 2 heterocycles. The van der Waals surface area contributed by atoms with Gasteiger partial charge in [0.15, 0.2) is 0 Å². The van der Waals surface area contributed by atoms with Crippen molar-refractivity contribution in [2.24, 2.45) is 5.41 Å². The Balaban J connectivity index is 1.65. The van der Waals surface area contributed by atoms with Gasteiger partial charge < -0.3 is 10.2 Å². The summed E-state index contributed by atoms with van der Waals surface area (Å²) in [7, 11) is 0. The topological polar surface area (TPSA) is 18.5 Å². The van der Waals surface area contributed by atoms with E-state index in [1.807, 2.05) is 0 Å². The maximum atomic E-state index is 3.36. The van der Waals surface area contributed by atoms with Crippen LogP contribution >= 0.6 is 0 Å². The summed E-state index contributed by atoms with van der Waals surface area (Å²) in [5, 5.41) is 3.36. The van der Waals surface area contributed by atoms with Crippen LogP contribution in [0.5, 0.6) is 0 Å². The fourth-order valence-corrected chi connectivity index (χ4v) is 2.38. The van der Waals surface area contributed by atoms with Gasteiger partial charge in [-0.1, -0.05) is 20.8 Å².